The van der Waals surface area contributed by atoms with Gasteiger partial charge in [-0.3, -0.25) is 4.99 Å². The van der Waals surface area contributed by atoms with Crippen LogP contribution in [0.25, 0.3) is 0 Å². The minimum atomic E-state index is -4.13. The number of halogens is 4. The van der Waals surface area contributed by atoms with Crippen LogP contribution in [-0.4, -0.2) is 31.8 Å². The number of alkyl halides is 3. The van der Waals surface area contributed by atoms with E-state index in [0.29, 0.717) is 32.0 Å². The SMILES string of the molecule is C=CCOc1ccccc1CNC(=NC)NC1CCCC(C(F)(F)F)C1.I. The number of hydrogen-bond acceptors (Lipinski definition) is 2. The fourth-order valence-corrected chi connectivity index (χ4v) is 3.12. The molecule has 0 radical (unpaired) electrons. The predicted octanol–water partition coefficient (Wildman–Crippen LogP) is 4.66. The molecular formula is C19H27F3IN3O. The molecule has 0 aliphatic heterocycles. The van der Waals surface area contributed by atoms with Gasteiger partial charge in [0.1, 0.15) is 12.4 Å². The van der Waals surface area contributed by atoms with Crippen LogP contribution < -0.4 is 15.4 Å². The van der Waals surface area contributed by atoms with Crippen molar-refractivity contribution in [2.24, 2.45) is 10.9 Å². The van der Waals surface area contributed by atoms with E-state index in [0.717, 1.165) is 11.3 Å². The Bertz CT molecular complexity index is 622. The topological polar surface area (TPSA) is 45.6 Å². The highest BCUT2D eigenvalue weighted by Crippen LogP contribution is 2.37. The van der Waals surface area contributed by atoms with Crippen LogP contribution in [-0.2, 0) is 6.54 Å². The van der Waals surface area contributed by atoms with Crippen molar-refractivity contribution in [2.75, 3.05) is 13.7 Å². The Morgan fingerprint density at radius 3 is 2.74 bits per heavy atom. The lowest BCUT2D eigenvalue weighted by Gasteiger charge is -2.32. The van der Waals surface area contributed by atoms with E-state index in [1.165, 1.54) is 0 Å². The molecule has 8 heteroatoms. The molecule has 1 saturated carbocycles. The number of rotatable bonds is 6. The van der Waals surface area contributed by atoms with E-state index < -0.39 is 12.1 Å². The van der Waals surface area contributed by atoms with Crippen LogP contribution in [0.2, 0.25) is 0 Å². The molecule has 2 rings (SSSR count). The molecule has 1 aromatic carbocycles. The monoisotopic (exact) mass is 497 g/mol. The molecule has 1 aromatic rings. The molecule has 0 spiro atoms. The number of aliphatic imine (C=N–C) groups is 1. The van der Waals surface area contributed by atoms with Crippen LogP contribution in [0.5, 0.6) is 5.75 Å². The molecule has 27 heavy (non-hydrogen) atoms. The average molecular weight is 497 g/mol. The van der Waals surface area contributed by atoms with E-state index in [2.05, 4.69) is 22.2 Å². The van der Waals surface area contributed by atoms with Crippen LogP contribution >= 0.6 is 24.0 Å². The largest absolute Gasteiger partial charge is 0.489 e. The number of para-hydroxylation sites is 1. The summed E-state index contributed by atoms with van der Waals surface area (Å²) in [5.41, 5.74) is 0.939. The Kier molecular flexibility index (Phi) is 9.97. The lowest BCUT2D eigenvalue weighted by atomic mass is 9.85. The molecule has 1 aliphatic rings. The standard InChI is InChI=1S/C19H26F3N3O.HI/c1-3-11-26-17-10-5-4-7-14(17)13-24-18(23-2)25-16-9-6-8-15(12-16)19(20,21)22;/h3-5,7,10,15-16H,1,6,8-9,11-13H2,2H3,(H2,23,24,25);1H. The summed E-state index contributed by atoms with van der Waals surface area (Å²) in [5.74, 6) is 0.00129. The van der Waals surface area contributed by atoms with Gasteiger partial charge in [0.25, 0.3) is 0 Å². The number of benzene rings is 1. The van der Waals surface area contributed by atoms with E-state index in [-0.39, 0.29) is 42.9 Å². The first kappa shape index (κ1) is 23.6. The first-order chi connectivity index (χ1) is 12.4. The van der Waals surface area contributed by atoms with Crippen LogP contribution in [0.1, 0.15) is 31.2 Å². The Balaban J connectivity index is 0.00000364. The molecule has 0 aromatic heterocycles. The van der Waals surface area contributed by atoms with Crippen molar-refractivity contribution in [3.05, 3.63) is 42.5 Å². The molecule has 0 amide bonds. The average Bonchev–Trinajstić information content (AvgIpc) is 2.63. The molecule has 0 heterocycles. The second-order valence-corrected chi connectivity index (χ2v) is 6.38. The lowest BCUT2D eigenvalue weighted by Crippen LogP contribution is -2.46. The Hall–Kier alpha value is -1.45. The van der Waals surface area contributed by atoms with Gasteiger partial charge in [0.2, 0.25) is 0 Å². The van der Waals surface area contributed by atoms with E-state index in [9.17, 15) is 13.2 Å². The minimum Gasteiger partial charge on any atom is -0.489 e. The highest BCUT2D eigenvalue weighted by molar-refractivity contribution is 14.0. The molecule has 2 atom stereocenters. The summed E-state index contributed by atoms with van der Waals surface area (Å²) in [6, 6.07) is 7.36. The van der Waals surface area contributed by atoms with Crippen molar-refractivity contribution in [3.63, 3.8) is 0 Å². The summed E-state index contributed by atoms with van der Waals surface area (Å²) >= 11 is 0. The molecule has 0 bridgehead atoms. The number of hydrogen-bond donors (Lipinski definition) is 2. The molecular weight excluding hydrogens is 470 g/mol. The molecule has 2 unspecified atom stereocenters. The van der Waals surface area contributed by atoms with Gasteiger partial charge in [-0.25, -0.2) is 0 Å². The molecule has 2 N–H and O–H groups in total. The second-order valence-electron chi connectivity index (χ2n) is 6.38. The Labute approximate surface area is 175 Å². The zero-order valence-electron chi connectivity index (χ0n) is 15.4. The van der Waals surface area contributed by atoms with Gasteiger partial charge < -0.3 is 15.4 Å². The molecule has 152 valence electrons. The third-order valence-corrected chi connectivity index (χ3v) is 4.48. The molecule has 1 aliphatic carbocycles. The van der Waals surface area contributed by atoms with Gasteiger partial charge in [0, 0.05) is 25.2 Å². The highest BCUT2D eigenvalue weighted by atomic mass is 127. The second kappa shape index (κ2) is 11.4. The molecule has 0 saturated heterocycles. The van der Waals surface area contributed by atoms with Gasteiger partial charge in [0.15, 0.2) is 5.96 Å². The smallest absolute Gasteiger partial charge is 0.391 e. The van der Waals surface area contributed by atoms with Gasteiger partial charge in [0.05, 0.1) is 5.92 Å². The summed E-state index contributed by atoms with van der Waals surface area (Å²) in [6.45, 7) is 4.50. The normalized spacial score (nSPS) is 20.4. The van der Waals surface area contributed by atoms with Gasteiger partial charge in [-0.15, -0.1) is 24.0 Å². The van der Waals surface area contributed by atoms with E-state index in [4.69, 9.17) is 4.74 Å². The summed E-state index contributed by atoms with van der Waals surface area (Å²) in [6.07, 6.45) is -0.877. The summed E-state index contributed by atoms with van der Waals surface area (Å²) in [5, 5.41) is 6.28. The first-order valence-corrected chi connectivity index (χ1v) is 8.79. The number of nitrogens with one attached hydrogen (secondary N) is 2. The Morgan fingerprint density at radius 2 is 2.07 bits per heavy atom. The van der Waals surface area contributed by atoms with Crippen LogP contribution in [0.15, 0.2) is 41.9 Å². The van der Waals surface area contributed by atoms with Gasteiger partial charge in [-0.05, 0) is 25.3 Å². The minimum absolute atomic E-state index is 0. The number of guanidine groups is 1. The quantitative estimate of drug-likeness (QED) is 0.260. The maximum atomic E-state index is 13.0. The third kappa shape index (κ3) is 7.59. The number of ether oxygens (including phenoxy) is 1. The highest BCUT2D eigenvalue weighted by Gasteiger charge is 2.42. The predicted molar refractivity (Wildman–Crippen MR) is 113 cm³/mol. The lowest BCUT2D eigenvalue weighted by molar-refractivity contribution is -0.183. The molecule has 1 fully saturated rings. The maximum Gasteiger partial charge on any atom is 0.391 e. The van der Waals surface area contributed by atoms with E-state index in [1.54, 1.807) is 13.1 Å². The van der Waals surface area contributed by atoms with Crippen molar-refractivity contribution in [2.45, 2.75) is 44.4 Å². The van der Waals surface area contributed by atoms with Crippen molar-refractivity contribution < 1.29 is 17.9 Å². The van der Waals surface area contributed by atoms with Crippen molar-refractivity contribution >= 4 is 29.9 Å². The maximum absolute atomic E-state index is 13.0. The Morgan fingerprint density at radius 1 is 1.33 bits per heavy atom. The van der Waals surface area contributed by atoms with Crippen LogP contribution in [0, 0.1) is 5.92 Å². The zero-order valence-corrected chi connectivity index (χ0v) is 17.7. The van der Waals surface area contributed by atoms with Gasteiger partial charge >= 0.3 is 6.18 Å². The summed E-state index contributed by atoms with van der Waals surface area (Å²) in [4.78, 5) is 4.13. The van der Waals surface area contributed by atoms with Gasteiger partial charge in [-0.2, -0.15) is 13.2 Å². The van der Waals surface area contributed by atoms with Crippen LogP contribution in [0.3, 0.4) is 0 Å². The van der Waals surface area contributed by atoms with E-state index >= 15 is 0 Å². The van der Waals surface area contributed by atoms with Crippen molar-refractivity contribution in [1.82, 2.24) is 10.6 Å². The van der Waals surface area contributed by atoms with Gasteiger partial charge in [-0.1, -0.05) is 37.3 Å². The fourth-order valence-electron chi connectivity index (χ4n) is 3.12. The van der Waals surface area contributed by atoms with Crippen molar-refractivity contribution in [1.29, 1.82) is 0 Å². The first-order valence-electron chi connectivity index (χ1n) is 8.79. The van der Waals surface area contributed by atoms with E-state index in [1.807, 2.05) is 24.3 Å². The van der Waals surface area contributed by atoms with Crippen LogP contribution in [0.4, 0.5) is 13.2 Å². The molecule has 4 nitrogen and oxygen atoms in total. The summed E-state index contributed by atoms with van der Waals surface area (Å²) in [7, 11) is 1.61. The fraction of sp³-hybridized carbons (Fsp3) is 0.526. The zero-order chi connectivity index (χ0) is 19.0. The van der Waals surface area contributed by atoms with Crippen molar-refractivity contribution in [3.8, 4) is 5.75 Å². The third-order valence-electron chi connectivity index (χ3n) is 4.48. The summed E-state index contributed by atoms with van der Waals surface area (Å²) < 4.78 is 44.5. The number of nitrogens with zero attached hydrogens (tertiary/aromatic N) is 1.